The minimum Gasteiger partial charge on any atom is -0.493 e. The van der Waals surface area contributed by atoms with Crippen LogP contribution in [-0.4, -0.2) is 16.8 Å². The first-order chi connectivity index (χ1) is 17.2. The van der Waals surface area contributed by atoms with Gasteiger partial charge in [-0.3, -0.25) is 0 Å². The quantitative estimate of drug-likeness (QED) is 0.260. The summed E-state index contributed by atoms with van der Waals surface area (Å²) in [5.41, 5.74) is 6.57. The fourth-order valence-electron chi connectivity index (χ4n) is 4.58. The lowest BCUT2D eigenvalue weighted by Gasteiger charge is -2.13. The van der Waals surface area contributed by atoms with E-state index in [1.165, 1.54) is 16.4 Å². The van der Waals surface area contributed by atoms with Gasteiger partial charge in [0.25, 0.3) is 0 Å². The first kappa shape index (κ1) is 22.8. The molecule has 0 spiro atoms. The third kappa shape index (κ3) is 4.68. The Kier molecular flexibility index (Phi) is 6.59. The summed E-state index contributed by atoms with van der Waals surface area (Å²) in [6, 6.07) is 28.8. The van der Waals surface area contributed by atoms with Gasteiger partial charge in [-0.25, -0.2) is 0 Å². The van der Waals surface area contributed by atoms with Crippen LogP contribution in [0.4, 0.5) is 5.69 Å². The Bertz CT molecular complexity index is 1460. The molecule has 5 nitrogen and oxygen atoms in total. The van der Waals surface area contributed by atoms with Crippen molar-refractivity contribution in [1.29, 1.82) is 0 Å². The molecule has 0 saturated heterocycles. The lowest BCUT2D eigenvalue weighted by molar-refractivity contribution is 0.282. The number of aliphatic hydroxyl groups excluding tert-OH is 1. The summed E-state index contributed by atoms with van der Waals surface area (Å²) in [5, 5.41) is 15.5. The zero-order chi connectivity index (χ0) is 24.2. The van der Waals surface area contributed by atoms with Gasteiger partial charge in [0, 0.05) is 40.6 Å². The molecule has 0 aliphatic rings. The number of nitrogens with one attached hydrogen (secondary N) is 1. The number of rotatable bonds is 9. The molecular weight excluding hydrogens is 436 g/mol. The lowest BCUT2D eigenvalue weighted by atomic mass is 10.1. The van der Waals surface area contributed by atoms with Crippen molar-refractivity contribution >= 4 is 27.5 Å². The fraction of sp³-hybridized carbons (Fsp3) is 0.200. The lowest BCUT2D eigenvalue weighted by Crippen LogP contribution is -2.02. The van der Waals surface area contributed by atoms with Crippen LogP contribution in [0, 0.1) is 0 Å². The van der Waals surface area contributed by atoms with Crippen LogP contribution in [0.15, 0.2) is 84.9 Å². The highest BCUT2D eigenvalue weighted by Gasteiger charge is 2.12. The van der Waals surface area contributed by atoms with Gasteiger partial charge in [-0.15, -0.1) is 0 Å². The van der Waals surface area contributed by atoms with Crippen molar-refractivity contribution in [3.63, 3.8) is 0 Å². The molecule has 5 aromatic rings. The molecule has 0 saturated carbocycles. The molecule has 0 aliphatic carbocycles. The molecular formula is C30H30N2O3. The average Bonchev–Trinajstić information content (AvgIpc) is 3.23. The number of hydrogen-bond donors (Lipinski definition) is 2. The van der Waals surface area contributed by atoms with Crippen LogP contribution in [0.1, 0.15) is 23.6 Å². The predicted molar refractivity (Wildman–Crippen MR) is 142 cm³/mol. The van der Waals surface area contributed by atoms with Crippen LogP contribution < -0.4 is 14.8 Å². The van der Waals surface area contributed by atoms with Gasteiger partial charge >= 0.3 is 0 Å². The van der Waals surface area contributed by atoms with E-state index in [9.17, 15) is 5.11 Å². The number of fused-ring (bicyclic) bond motifs is 3. The predicted octanol–water partition coefficient (Wildman–Crippen LogP) is 6.51. The molecule has 178 valence electrons. The average molecular weight is 467 g/mol. The van der Waals surface area contributed by atoms with Crippen LogP contribution in [0.3, 0.4) is 0 Å². The van der Waals surface area contributed by atoms with Gasteiger partial charge in [-0.1, -0.05) is 42.5 Å². The smallest absolute Gasteiger partial charge is 0.162 e. The fourth-order valence-corrected chi connectivity index (χ4v) is 4.58. The number of ether oxygens (including phenoxy) is 2. The Morgan fingerprint density at radius 3 is 2.26 bits per heavy atom. The zero-order valence-electron chi connectivity index (χ0n) is 20.1. The van der Waals surface area contributed by atoms with Crippen LogP contribution >= 0.6 is 0 Å². The number of aliphatic hydroxyl groups is 1. The molecule has 0 aliphatic heterocycles. The molecule has 0 fully saturated rings. The maximum atomic E-state index is 9.62. The summed E-state index contributed by atoms with van der Waals surface area (Å²) in [6.07, 6.45) is 0. The molecule has 1 heterocycles. The Morgan fingerprint density at radius 2 is 1.51 bits per heavy atom. The van der Waals surface area contributed by atoms with Crippen molar-refractivity contribution in [3.8, 4) is 11.5 Å². The topological polar surface area (TPSA) is 55.7 Å². The molecule has 0 radical (unpaired) electrons. The van der Waals surface area contributed by atoms with Crippen LogP contribution in [0.25, 0.3) is 21.8 Å². The normalized spacial score (nSPS) is 11.2. The van der Waals surface area contributed by atoms with Crippen molar-refractivity contribution in [1.82, 2.24) is 4.57 Å². The van der Waals surface area contributed by atoms with Crippen LogP contribution in [0.5, 0.6) is 11.5 Å². The summed E-state index contributed by atoms with van der Waals surface area (Å²) in [5.74, 6) is 1.45. The third-order valence-electron chi connectivity index (χ3n) is 6.39. The van der Waals surface area contributed by atoms with Gasteiger partial charge in [0.1, 0.15) is 6.61 Å². The van der Waals surface area contributed by atoms with Crippen LogP contribution in [-0.2, 0) is 26.3 Å². The summed E-state index contributed by atoms with van der Waals surface area (Å²) in [6.45, 7) is 4.24. The third-order valence-corrected chi connectivity index (χ3v) is 6.39. The molecule has 4 aromatic carbocycles. The monoisotopic (exact) mass is 466 g/mol. The first-order valence-electron chi connectivity index (χ1n) is 11.9. The van der Waals surface area contributed by atoms with E-state index in [-0.39, 0.29) is 6.61 Å². The van der Waals surface area contributed by atoms with Crippen LogP contribution in [0.2, 0.25) is 0 Å². The number of aryl methyl sites for hydroxylation is 1. The number of anilines is 1. The Hall–Kier alpha value is -3.96. The number of methoxy groups -OCH3 is 1. The number of aromatic nitrogens is 1. The van der Waals surface area contributed by atoms with E-state index in [1.807, 2.05) is 48.5 Å². The maximum Gasteiger partial charge on any atom is 0.162 e. The summed E-state index contributed by atoms with van der Waals surface area (Å²) in [7, 11) is 1.66. The first-order valence-corrected chi connectivity index (χ1v) is 11.9. The Balaban J connectivity index is 1.38. The van der Waals surface area contributed by atoms with Gasteiger partial charge in [-0.05, 0) is 66.1 Å². The minimum absolute atomic E-state index is 0.0405. The van der Waals surface area contributed by atoms with Gasteiger partial charge in [0.05, 0.1) is 13.7 Å². The van der Waals surface area contributed by atoms with Crippen molar-refractivity contribution in [2.45, 2.75) is 33.2 Å². The summed E-state index contributed by atoms with van der Waals surface area (Å²) >= 11 is 0. The largest absolute Gasteiger partial charge is 0.493 e. The second-order valence-electron chi connectivity index (χ2n) is 8.60. The van der Waals surface area contributed by atoms with Crippen molar-refractivity contribution in [3.05, 3.63) is 102 Å². The molecule has 35 heavy (non-hydrogen) atoms. The number of nitrogens with zero attached hydrogens (tertiary/aromatic N) is 1. The highest BCUT2D eigenvalue weighted by molar-refractivity contribution is 6.09. The zero-order valence-corrected chi connectivity index (χ0v) is 20.1. The van der Waals surface area contributed by atoms with E-state index in [4.69, 9.17) is 9.47 Å². The SMILES string of the molecule is CCn1c2ccc(CO)cc2c2cc(NCc3ccc(OC)c(OCc4ccccc4)c3)ccc21. The van der Waals surface area contributed by atoms with E-state index < -0.39 is 0 Å². The molecule has 1 aromatic heterocycles. The second kappa shape index (κ2) is 10.1. The summed E-state index contributed by atoms with van der Waals surface area (Å²) < 4.78 is 13.9. The Labute approximate surface area is 205 Å². The standard InChI is InChI=1S/C30H30N2O3/c1-3-32-27-12-9-23(19-33)15-25(27)26-17-24(11-13-28(26)32)31-18-22-10-14-29(34-2)30(16-22)35-20-21-7-5-4-6-8-21/h4-17,31,33H,3,18-20H2,1-2H3. The second-order valence-corrected chi connectivity index (χ2v) is 8.60. The van der Waals surface area contributed by atoms with E-state index in [0.717, 1.165) is 45.8 Å². The summed E-state index contributed by atoms with van der Waals surface area (Å²) in [4.78, 5) is 0. The van der Waals surface area contributed by atoms with Gasteiger partial charge < -0.3 is 24.5 Å². The highest BCUT2D eigenvalue weighted by Crippen LogP contribution is 2.33. The molecule has 0 bridgehead atoms. The Morgan fingerprint density at radius 1 is 0.771 bits per heavy atom. The minimum atomic E-state index is 0.0405. The molecule has 5 heteroatoms. The van der Waals surface area contributed by atoms with E-state index in [2.05, 4.69) is 53.2 Å². The van der Waals surface area contributed by atoms with Crippen molar-refractivity contribution < 1.29 is 14.6 Å². The molecule has 0 unspecified atom stereocenters. The molecule has 2 N–H and O–H groups in total. The molecule has 0 atom stereocenters. The van der Waals surface area contributed by atoms with Crippen molar-refractivity contribution in [2.24, 2.45) is 0 Å². The number of benzene rings is 4. The van der Waals surface area contributed by atoms with E-state index >= 15 is 0 Å². The molecule has 0 amide bonds. The van der Waals surface area contributed by atoms with Crippen molar-refractivity contribution in [2.75, 3.05) is 12.4 Å². The molecule has 5 rings (SSSR count). The van der Waals surface area contributed by atoms with Gasteiger partial charge in [0.2, 0.25) is 0 Å². The van der Waals surface area contributed by atoms with E-state index in [1.54, 1.807) is 7.11 Å². The van der Waals surface area contributed by atoms with Gasteiger partial charge in [0.15, 0.2) is 11.5 Å². The number of hydrogen-bond acceptors (Lipinski definition) is 4. The highest BCUT2D eigenvalue weighted by atomic mass is 16.5. The maximum absolute atomic E-state index is 9.62. The van der Waals surface area contributed by atoms with E-state index in [0.29, 0.717) is 13.2 Å². The van der Waals surface area contributed by atoms with Gasteiger partial charge in [-0.2, -0.15) is 0 Å².